The number of rotatable bonds is 5. The monoisotopic (exact) mass is 353 g/mol. The third-order valence-electron chi connectivity index (χ3n) is 4.38. The minimum Gasteiger partial charge on any atom is -0.453 e. The first-order valence-corrected chi connectivity index (χ1v) is 8.65. The molecule has 0 fully saturated rings. The van der Waals surface area contributed by atoms with Crippen molar-refractivity contribution in [1.82, 2.24) is 14.5 Å². The number of imidazole rings is 1. The summed E-state index contributed by atoms with van der Waals surface area (Å²) in [5, 5.41) is 0.849. The normalized spacial score (nSPS) is 11.7. The second-order valence-corrected chi connectivity index (χ2v) is 7.23. The molecule has 0 aliphatic heterocycles. The summed E-state index contributed by atoms with van der Waals surface area (Å²) in [6.45, 7) is 7.78. The predicted molar refractivity (Wildman–Crippen MR) is 99.5 cm³/mol. The zero-order valence-corrected chi connectivity index (χ0v) is 15.5. The highest BCUT2D eigenvalue weighted by Crippen LogP contribution is 2.22. The molecule has 0 radical (unpaired) electrons. The molecule has 0 aliphatic carbocycles. The quantitative estimate of drug-likeness (QED) is 0.560. The number of H-pyrrole nitrogens is 1. The van der Waals surface area contributed by atoms with Crippen molar-refractivity contribution in [2.45, 2.75) is 39.7 Å². The molecule has 3 rings (SSSR count). The molecule has 0 atom stereocenters. The topological polar surface area (TPSA) is 77.0 Å². The van der Waals surface area contributed by atoms with E-state index >= 15 is 0 Å². The summed E-state index contributed by atoms with van der Waals surface area (Å²) >= 11 is 0. The van der Waals surface area contributed by atoms with Gasteiger partial charge in [0.25, 0.3) is 0 Å². The average molecular weight is 353 g/mol. The van der Waals surface area contributed by atoms with Crippen molar-refractivity contribution >= 4 is 22.7 Å². The van der Waals surface area contributed by atoms with Crippen LogP contribution >= 0.6 is 0 Å². The van der Waals surface area contributed by atoms with Crippen molar-refractivity contribution in [3.63, 3.8) is 0 Å². The Morgan fingerprint density at radius 3 is 2.69 bits per heavy atom. The number of nitrogens with one attached hydrogen (secondary N) is 1. The summed E-state index contributed by atoms with van der Waals surface area (Å²) in [5.74, 6) is -0.844. The summed E-state index contributed by atoms with van der Waals surface area (Å²) in [7, 11) is 0. The van der Waals surface area contributed by atoms with Crippen LogP contribution in [0, 0.1) is 0 Å². The Hall–Kier alpha value is -2.89. The van der Waals surface area contributed by atoms with Crippen LogP contribution in [0.3, 0.4) is 0 Å². The van der Waals surface area contributed by atoms with E-state index in [1.54, 1.807) is 18.7 Å². The Morgan fingerprint density at radius 2 is 2.04 bits per heavy atom. The zero-order valence-electron chi connectivity index (χ0n) is 15.5. The number of esters is 1. The van der Waals surface area contributed by atoms with Gasteiger partial charge in [-0.15, -0.1) is 0 Å². The second kappa shape index (κ2) is 6.78. The molecular formula is C20H23N3O3. The summed E-state index contributed by atoms with van der Waals surface area (Å²) in [6.07, 6.45) is 5.77. The Labute approximate surface area is 152 Å². The number of fused-ring (bicyclic) bond motifs is 1. The third kappa shape index (κ3) is 3.40. The van der Waals surface area contributed by atoms with E-state index in [1.807, 2.05) is 43.5 Å². The number of ketones is 1. The van der Waals surface area contributed by atoms with Gasteiger partial charge in [-0.2, -0.15) is 0 Å². The smallest absolute Gasteiger partial charge is 0.358 e. The van der Waals surface area contributed by atoms with Gasteiger partial charge in [-0.1, -0.05) is 25.1 Å². The number of hydrogen-bond donors (Lipinski definition) is 1. The molecular weight excluding hydrogens is 330 g/mol. The maximum absolute atomic E-state index is 12.5. The van der Waals surface area contributed by atoms with Gasteiger partial charge in [0, 0.05) is 34.4 Å². The highest BCUT2D eigenvalue weighted by molar-refractivity contribution is 6.09. The van der Waals surface area contributed by atoms with Crippen molar-refractivity contribution in [3.05, 3.63) is 53.7 Å². The van der Waals surface area contributed by atoms with Crippen molar-refractivity contribution in [3.8, 4) is 0 Å². The number of aromatic amines is 1. The Morgan fingerprint density at radius 1 is 1.27 bits per heavy atom. The van der Waals surface area contributed by atoms with Crippen molar-refractivity contribution < 1.29 is 14.3 Å². The van der Waals surface area contributed by atoms with Crippen molar-refractivity contribution in [2.75, 3.05) is 6.61 Å². The van der Waals surface area contributed by atoms with Gasteiger partial charge < -0.3 is 14.3 Å². The van der Waals surface area contributed by atoms with Gasteiger partial charge in [-0.05, 0) is 32.8 Å². The SMILES string of the molecule is CCc1cccc2c(C(=O)COC(=O)c3cn(C(C)(C)C)cn3)c[nH]c12. The predicted octanol–water partition coefficient (Wildman–Crippen LogP) is 3.72. The summed E-state index contributed by atoms with van der Waals surface area (Å²) in [4.78, 5) is 31.9. The molecule has 1 N–H and O–H groups in total. The highest BCUT2D eigenvalue weighted by atomic mass is 16.5. The zero-order chi connectivity index (χ0) is 18.9. The van der Waals surface area contributed by atoms with Crippen LogP contribution < -0.4 is 0 Å². The molecule has 0 bridgehead atoms. The molecule has 0 spiro atoms. The lowest BCUT2D eigenvalue weighted by Gasteiger charge is -2.19. The number of para-hydroxylation sites is 1. The van der Waals surface area contributed by atoms with Gasteiger partial charge in [0.1, 0.15) is 0 Å². The fourth-order valence-electron chi connectivity index (χ4n) is 2.82. The average Bonchev–Trinajstić information content (AvgIpc) is 3.25. The molecule has 1 aromatic carbocycles. The number of ether oxygens (including phenoxy) is 1. The number of Topliss-reactive ketones (excluding diaryl/α,β-unsaturated/α-hetero) is 1. The number of carbonyl (C=O) groups is 2. The molecule has 136 valence electrons. The largest absolute Gasteiger partial charge is 0.453 e. The fraction of sp³-hybridized carbons (Fsp3) is 0.350. The van der Waals surface area contributed by atoms with Crippen LogP contribution in [0.2, 0.25) is 0 Å². The van der Waals surface area contributed by atoms with Crippen LogP contribution in [0.15, 0.2) is 36.9 Å². The van der Waals surface area contributed by atoms with E-state index < -0.39 is 5.97 Å². The standard InChI is InChI=1S/C20H23N3O3/c1-5-13-7-6-8-14-15(9-21-18(13)14)17(24)11-26-19(25)16-10-23(12-22-16)20(2,3)4/h6-10,12,21H,5,11H2,1-4H3. The second-order valence-electron chi connectivity index (χ2n) is 7.23. The number of nitrogens with zero attached hydrogens (tertiary/aromatic N) is 2. The van der Waals surface area contributed by atoms with Crippen LogP contribution in [-0.2, 0) is 16.7 Å². The van der Waals surface area contributed by atoms with Gasteiger partial charge in [0.2, 0.25) is 5.78 Å². The summed E-state index contributed by atoms with van der Waals surface area (Å²) < 4.78 is 7.00. The number of carbonyl (C=O) groups excluding carboxylic acids is 2. The first-order chi connectivity index (χ1) is 12.3. The van der Waals surface area contributed by atoms with Crippen LogP contribution in [0.1, 0.15) is 54.1 Å². The van der Waals surface area contributed by atoms with Crippen LogP contribution in [0.4, 0.5) is 0 Å². The van der Waals surface area contributed by atoms with E-state index in [1.165, 1.54) is 0 Å². The lowest BCUT2D eigenvalue weighted by atomic mass is 10.1. The van der Waals surface area contributed by atoms with Gasteiger partial charge in [-0.3, -0.25) is 4.79 Å². The molecule has 2 heterocycles. The lowest BCUT2D eigenvalue weighted by Crippen LogP contribution is -2.20. The van der Waals surface area contributed by atoms with E-state index in [0.717, 1.165) is 22.9 Å². The molecule has 2 aromatic heterocycles. The number of aryl methyl sites for hydroxylation is 1. The lowest BCUT2D eigenvalue weighted by molar-refractivity contribution is 0.0469. The molecule has 0 amide bonds. The summed E-state index contributed by atoms with van der Waals surface area (Å²) in [6, 6.07) is 5.85. The van der Waals surface area contributed by atoms with Crippen LogP contribution in [-0.4, -0.2) is 32.9 Å². The van der Waals surface area contributed by atoms with E-state index in [-0.39, 0.29) is 23.6 Å². The molecule has 0 aliphatic rings. The molecule has 0 saturated carbocycles. The maximum atomic E-state index is 12.5. The number of benzene rings is 1. The molecule has 3 aromatic rings. The maximum Gasteiger partial charge on any atom is 0.358 e. The Balaban J connectivity index is 1.71. The molecule has 26 heavy (non-hydrogen) atoms. The van der Waals surface area contributed by atoms with Crippen LogP contribution in [0.25, 0.3) is 10.9 Å². The minimum atomic E-state index is -0.601. The molecule has 0 saturated heterocycles. The van der Waals surface area contributed by atoms with Crippen molar-refractivity contribution in [1.29, 1.82) is 0 Å². The van der Waals surface area contributed by atoms with Crippen LogP contribution in [0.5, 0.6) is 0 Å². The van der Waals surface area contributed by atoms with Gasteiger partial charge in [0.05, 0.1) is 6.33 Å². The fourth-order valence-corrected chi connectivity index (χ4v) is 2.82. The molecule has 6 nitrogen and oxygen atoms in total. The third-order valence-corrected chi connectivity index (χ3v) is 4.38. The summed E-state index contributed by atoms with van der Waals surface area (Å²) in [5.41, 5.74) is 2.64. The molecule has 0 unspecified atom stereocenters. The number of hydrogen-bond acceptors (Lipinski definition) is 4. The van der Waals surface area contributed by atoms with E-state index in [4.69, 9.17) is 4.74 Å². The van der Waals surface area contributed by atoms with E-state index in [2.05, 4.69) is 16.9 Å². The first-order valence-electron chi connectivity index (χ1n) is 8.65. The first kappa shape index (κ1) is 17.9. The Kier molecular flexibility index (Phi) is 4.68. The Bertz CT molecular complexity index is 960. The van der Waals surface area contributed by atoms with E-state index in [9.17, 15) is 9.59 Å². The number of aromatic nitrogens is 3. The van der Waals surface area contributed by atoms with E-state index in [0.29, 0.717) is 5.56 Å². The van der Waals surface area contributed by atoms with Crippen molar-refractivity contribution in [2.24, 2.45) is 0 Å². The highest BCUT2D eigenvalue weighted by Gasteiger charge is 2.19. The van der Waals surface area contributed by atoms with Gasteiger partial charge in [0.15, 0.2) is 12.3 Å². The van der Waals surface area contributed by atoms with Gasteiger partial charge in [-0.25, -0.2) is 9.78 Å². The minimum absolute atomic E-state index is 0.178. The molecule has 6 heteroatoms. The van der Waals surface area contributed by atoms with Gasteiger partial charge >= 0.3 is 5.97 Å².